The van der Waals surface area contributed by atoms with E-state index >= 15 is 0 Å². The summed E-state index contributed by atoms with van der Waals surface area (Å²) in [6, 6.07) is 8.61. The van der Waals surface area contributed by atoms with E-state index < -0.39 is 0 Å². The van der Waals surface area contributed by atoms with Gasteiger partial charge in [-0.05, 0) is 24.6 Å². The smallest absolute Gasteiger partial charge is 0.133 e. The average Bonchev–Trinajstić information content (AvgIpc) is 3.18. The van der Waals surface area contributed by atoms with E-state index in [1.807, 2.05) is 23.9 Å². The van der Waals surface area contributed by atoms with Crippen LogP contribution in [0.1, 0.15) is 35.3 Å². The van der Waals surface area contributed by atoms with Crippen LogP contribution < -0.4 is 4.90 Å². The minimum Gasteiger partial charge on any atom is -0.346 e. The van der Waals surface area contributed by atoms with Crippen molar-refractivity contribution < 1.29 is 4.39 Å². The summed E-state index contributed by atoms with van der Waals surface area (Å²) in [7, 11) is 0. The number of nitrogens with zero attached hydrogens (tertiary/aromatic N) is 5. The van der Waals surface area contributed by atoms with Crippen LogP contribution in [0.25, 0.3) is 0 Å². The molecule has 0 radical (unpaired) electrons. The molecule has 1 aromatic carbocycles. The minimum absolute atomic E-state index is 0.216. The van der Waals surface area contributed by atoms with Gasteiger partial charge in [-0.3, -0.25) is 4.68 Å². The summed E-state index contributed by atoms with van der Waals surface area (Å²) in [5.41, 5.74) is 4.44. The van der Waals surface area contributed by atoms with Gasteiger partial charge in [0, 0.05) is 30.3 Å². The van der Waals surface area contributed by atoms with Gasteiger partial charge in [-0.25, -0.2) is 14.4 Å². The molecular weight excluding hydrogens is 317 g/mol. The Balaban J connectivity index is 1.56. The third-order valence-corrected chi connectivity index (χ3v) is 4.51. The quantitative estimate of drug-likeness (QED) is 0.733. The van der Waals surface area contributed by atoms with E-state index in [9.17, 15) is 4.39 Å². The first-order chi connectivity index (χ1) is 12.1. The molecule has 0 amide bonds. The predicted octanol–water partition coefficient (Wildman–Crippen LogP) is 3.25. The average molecular weight is 337 g/mol. The first kappa shape index (κ1) is 15.7. The molecule has 2 aromatic heterocycles. The SMILES string of the molecule is CCc1nc(C)cc(N2Cc3cnn(Cc4ccc(F)cc4)c3C2)n1. The molecule has 6 heteroatoms. The maximum absolute atomic E-state index is 13.1. The van der Waals surface area contributed by atoms with E-state index in [1.54, 1.807) is 12.1 Å². The molecule has 25 heavy (non-hydrogen) atoms. The zero-order valence-electron chi connectivity index (χ0n) is 14.4. The minimum atomic E-state index is -0.216. The summed E-state index contributed by atoms with van der Waals surface area (Å²) in [4.78, 5) is 11.4. The molecular formula is C19H20FN5. The van der Waals surface area contributed by atoms with Crippen LogP contribution in [-0.4, -0.2) is 19.7 Å². The van der Waals surface area contributed by atoms with Crippen molar-refractivity contribution in [2.24, 2.45) is 0 Å². The molecule has 0 fully saturated rings. The largest absolute Gasteiger partial charge is 0.346 e. The van der Waals surface area contributed by atoms with Gasteiger partial charge in [0.15, 0.2) is 0 Å². The highest BCUT2D eigenvalue weighted by Crippen LogP contribution is 2.27. The highest BCUT2D eigenvalue weighted by molar-refractivity contribution is 5.46. The van der Waals surface area contributed by atoms with Crippen LogP contribution in [-0.2, 0) is 26.1 Å². The molecule has 0 bridgehead atoms. The fraction of sp³-hybridized carbons (Fsp3) is 0.316. The van der Waals surface area contributed by atoms with Crippen LogP contribution in [0.15, 0.2) is 36.5 Å². The van der Waals surface area contributed by atoms with E-state index in [-0.39, 0.29) is 5.82 Å². The zero-order valence-corrected chi connectivity index (χ0v) is 14.4. The second-order valence-corrected chi connectivity index (χ2v) is 6.39. The maximum Gasteiger partial charge on any atom is 0.133 e. The number of aromatic nitrogens is 4. The van der Waals surface area contributed by atoms with Crippen LogP contribution >= 0.6 is 0 Å². The molecule has 0 unspecified atom stereocenters. The number of fused-ring (bicyclic) bond motifs is 1. The van der Waals surface area contributed by atoms with E-state index in [1.165, 1.54) is 23.4 Å². The van der Waals surface area contributed by atoms with Crippen molar-refractivity contribution in [3.8, 4) is 0 Å². The summed E-state index contributed by atoms with van der Waals surface area (Å²) >= 11 is 0. The molecule has 3 aromatic rings. The van der Waals surface area contributed by atoms with Crippen molar-refractivity contribution in [3.05, 3.63) is 70.7 Å². The zero-order chi connectivity index (χ0) is 17.4. The van der Waals surface area contributed by atoms with Crippen LogP contribution in [0.2, 0.25) is 0 Å². The van der Waals surface area contributed by atoms with Crippen LogP contribution in [0.5, 0.6) is 0 Å². The molecule has 4 rings (SSSR count). The van der Waals surface area contributed by atoms with E-state index in [0.29, 0.717) is 6.54 Å². The third kappa shape index (κ3) is 3.12. The number of benzene rings is 1. The molecule has 5 nitrogen and oxygen atoms in total. The van der Waals surface area contributed by atoms with Crippen molar-refractivity contribution in [2.75, 3.05) is 4.90 Å². The Hall–Kier alpha value is -2.76. The predicted molar refractivity (Wildman–Crippen MR) is 93.8 cm³/mol. The lowest BCUT2D eigenvalue weighted by Gasteiger charge is -2.18. The molecule has 1 aliphatic rings. The fourth-order valence-corrected chi connectivity index (χ4v) is 3.20. The van der Waals surface area contributed by atoms with Gasteiger partial charge < -0.3 is 4.90 Å². The number of halogens is 1. The second-order valence-electron chi connectivity index (χ2n) is 6.39. The van der Waals surface area contributed by atoms with Gasteiger partial charge in [-0.1, -0.05) is 19.1 Å². The fourth-order valence-electron chi connectivity index (χ4n) is 3.20. The van der Waals surface area contributed by atoms with Crippen LogP contribution in [0.4, 0.5) is 10.2 Å². The maximum atomic E-state index is 13.1. The van der Waals surface area contributed by atoms with Crippen molar-refractivity contribution in [1.82, 2.24) is 19.7 Å². The van der Waals surface area contributed by atoms with Crippen molar-refractivity contribution in [1.29, 1.82) is 0 Å². The summed E-state index contributed by atoms with van der Waals surface area (Å²) < 4.78 is 15.1. The Kier molecular flexibility index (Phi) is 3.95. The van der Waals surface area contributed by atoms with Gasteiger partial charge in [0.25, 0.3) is 0 Å². The van der Waals surface area contributed by atoms with Crippen molar-refractivity contribution in [3.63, 3.8) is 0 Å². The Morgan fingerprint density at radius 1 is 1.12 bits per heavy atom. The van der Waals surface area contributed by atoms with Gasteiger partial charge in [0.1, 0.15) is 17.5 Å². The molecule has 0 saturated carbocycles. The summed E-state index contributed by atoms with van der Waals surface area (Å²) in [5, 5.41) is 4.50. The van der Waals surface area contributed by atoms with E-state index in [2.05, 4.69) is 26.9 Å². The monoisotopic (exact) mass is 337 g/mol. The Morgan fingerprint density at radius 3 is 2.68 bits per heavy atom. The van der Waals surface area contributed by atoms with Crippen molar-refractivity contribution in [2.45, 2.75) is 39.9 Å². The van der Waals surface area contributed by atoms with Gasteiger partial charge >= 0.3 is 0 Å². The summed E-state index contributed by atoms with van der Waals surface area (Å²) in [6.07, 6.45) is 2.75. The molecule has 0 N–H and O–H groups in total. The van der Waals surface area contributed by atoms with Gasteiger partial charge in [0.05, 0.1) is 25.0 Å². The Morgan fingerprint density at radius 2 is 1.92 bits per heavy atom. The first-order valence-electron chi connectivity index (χ1n) is 8.50. The van der Waals surface area contributed by atoms with Crippen molar-refractivity contribution >= 4 is 5.82 Å². The van der Waals surface area contributed by atoms with E-state index in [0.717, 1.165) is 42.4 Å². The lowest BCUT2D eigenvalue weighted by molar-refractivity contribution is 0.620. The molecule has 0 spiro atoms. The molecule has 1 aliphatic heterocycles. The summed E-state index contributed by atoms with van der Waals surface area (Å²) in [5.74, 6) is 1.62. The lowest BCUT2D eigenvalue weighted by Crippen LogP contribution is -2.19. The Bertz CT molecular complexity index is 901. The third-order valence-electron chi connectivity index (χ3n) is 4.51. The Labute approximate surface area is 146 Å². The number of rotatable bonds is 4. The molecule has 3 heterocycles. The van der Waals surface area contributed by atoms with Gasteiger partial charge in [-0.2, -0.15) is 5.10 Å². The highest BCUT2D eigenvalue weighted by atomic mass is 19.1. The number of hydrogen-bond donors (Lipinski definition) is 0. The standard InChI is InChI=1S/C19H20FN5/c1-3-18-22-13(2)8-19(23-18)24-11-15-9-21-25(17(15)12-24)10-14-4-6-16(20)7-5-14/h4-9H,3,10-12H2,1-2H3. The van der Waals surface area contributed by atoms with Crippen LogP contribution in [0, 0.1) is 12.7 Å². The summed E-state index contributed by atoms with van der Waals surface area (Å²) in [6.45, 7) is 6.29. The molecule has 0 saturated heterocycles. The van der Waals surface area contributed by atoms with E-state index in [4.69, 9.17) is 0 Å². The molecule has 0 atom stereocenters. The number of aryl methyl sites for hydroxylation is 2. The molecule has 128 valence electrons. The number of hydrogen-bond acceptors (Lipinski definition) is 4. The second kappa shape index (κ2) is 6.27. The first-order valence-corrected chi connectivity index (χ1v) is 8.50. The molecule has 0 aliphatic carbocycles. The van der Waals surface area contributed by atoms with Crippen LogP contribution in [0.3, 0.4) is 0 Å². The lowest BCUT2D eigenvalue weighted by atomic mass is 10.2. The van der Waals surface area contributed by atoms with Gasteiger partial charge in [0.2, 0.25) is 0 Å². The van der Waals surface area contributed by atoms with Gasteiger partial charge in [-0.15, -0.1) is 0 Å². The topological polar surface area (TPSA) is 46.8 Å². The normalized spacial score (nSPS) is 13.3. The number of anilines is 1. The highest BCUT2D eigenvalue weighted by Gasteiger charge is 2.25.